The molecule has 4 fully saturated rings. The van der Waals surface area contributed by atoms with Crippen molar-refractivity contribution >= 4 is 42.0 Å². The Kier molecular flexibility index (Phi) is 15.7. The van der Waals surface area contributed by atoms with Crippen LogP contribution in [0.2, 0.25) is 0 Å². The Morgan fingerprint density at radius 3 is 1.98 bits per heavy atom. The first-order valence-corrected chi connectivity index (χ1v) is 20.7. The van der Waals surface area contributed by atoms with E-state index in [2.05, 4.69) is 17.5 Å². The molecule has 2 aromatic carbocycles. The number of carbonyl (C=O) groups is 4. The molecule has 4 amide bonds. The maximum atomic E-state index is 14.9. The SMILES string of the molecule is CS.N=C(Cc1ccc(F)c(C(=O)N2CCN(C(=O)CN3CCC(OC4CCN(C(=O)C(N)C5CCCCC5)CC4)CC3)CC2)c1)c1ccccc1C(N)=O. The first-order valence-electron chi connectivity index (χ1n) is 19.8. The second-order valence-corrected chi connectivity index (χ2v) is 15.1. The molecule has 6 rings (SSSR count). The molecule has 2 aromatic rings. The monoisotopic (exact) mass is 779 g/mol. The topological polar surface area (TPSA) is 166 Å². The highest BCUT2D eigenvalue weighted by atomic mass is 32.1. The number of ether oxygens (including phenoxy) is 1. The number of primary amides is 1. The molecular formula is C41H58FN7O5S. The molecule has 12 nitrogen and oxygen atoms in total. The lowest BCUT2D eigenvalue weighted by Crippen LogP contribution is -2.53. The number of piperidine rings is 2. The summed E-state index contributed by atoms with van der Waals surface area (Å²) in [4.78, 5) is 58.9. The summed E-state index contributed by atoms with van der Waals surface area (Å²) >= 11 is 3.53. The van der Waals surface area contributed by atoms with Crippen molar-refractivity contribution in [3.63, 3.8) is 0 Å². The van der Waals surface area contributed by atoms with E-state index in [1.54, 1.807) is 40.3 Å². The fraction of sp³-hybridized carbons (Fsp3) is 0.585. The van der Waals surface area contributed by atoms with Crippen LogP contribution in [0.3, 0.4) is 0 Å². The van der Waals surface area contributed by atoms with Gasteiger partial charge in [0.2, 0.25) is 17.7 Å². The van der Waals surface area contributed by atoms with E-state index in [1.165, 1.54) is 37.5 Å². The average molecular weight is 780 g/mol. The van der Waals surface area contributed by atoms with Crippen molar-refractivity contribution in [3.05, 3.63) is 70.5 Å². The van der Waals surface area contributed by atoms with Crippen molar-refractivity contribution in [1.29, 1.82) is 5.41 Å². The van der Waals surface area contributed by atoms with E-state index >= 15 is 0 Å². The van der Waals surface area contributed by atoms with Gasteiger partial charge in [0.15, 0.2) is 0 Å². The van der Waals surface area contributed by atoms with Crippen LogP contribution in [0.15, 0.2) is 42.5 Å². The minimum atomic E-state index is -0.649. The van der Waals surface area contributed by atoms with Crippen LogP contribution < -0.4 is 11.5 Å². The summed E-state index contributed by atoms with van der Waals surface area (Å²) in [5.41, 5.74) is 13.1. The number of halogens is 1. The Bertz CT molecular complexity index is 1650. The Morgan fingerprint density at radius 2 is 1.36 bits per heavy atom. The van der Waals surface area contributed by atoms with Gasteiger partial charge in [0.05, 0.1) is 30.4 Å². The third-order valence-corrected chi connectivity index (χ3v) is 11.6. The number of thiol groups is 1. The van der Waals surface area contributed by atoms with Gasteiger partial charge in [-0.3, -0.25) is 24.1 Å². The number of rotatable bonds is 11. The van der Waals surface area contributed by atoms with Crippen molar-refractivity contribution in [2.24, 2.45) is 17.4 Å². The number of likely N-dealkylation sites (tertiary alicyclic amines) is 2. The number of nitrogens with zero attached hydrogens (tertiary/aromatic N) is 4. The van der Waals surface area contributed by atoms with Crippen LogP contribution in [0.25, 0.3) is 0 Å². The van der Waals surface area contributed by atoms with Gasteiger partial charge in [-0.05, 0) is 74.5 Å². The number of carbonyl (C=O) groups excluding carboxylic acids is 4. The lowest BCUT2D eigenvalue weighted by Gasteiger charge is -2.39. The number of hydrogen-bond donors (Lipinski definition) is 4. The quantitative estimate of drug-likeness (QED) is 0.199. The maximum Gasteiger partial charge on any atom is 0.256 e. The highest BCUT2D eigenvalue weighted by molar-refractivity contribution is 7.79. The molecule has 0 radical (unpaired) electrons. The summed E-state index contributed by atoms with van der Waals surface area (Å²) in [5.74, 6) is -1.31. The van der Waals surface area contributed by atoms with Crippen molar-refractivity contribution in [2.45, 2.75) is 82.5 Å². The number of amides is 4. The summed E-state index contributed by atoms with van der Waals surface area (Å²) in [6, 6.07) is 10.4. The van der Waals surface area contributed by atoms with E-state index in [-0.39, 0.29) is 53.3 Å². The molecule has 0 spiro atoms. The molecule has 0 bridgehead atoms. The average Bonchev–Trinajstić information content (AvgIpc) is 3.22. The standard InChI is InChI=1S/C40H54FN7O5.CH4S/c41-34-11-10-27(25-35(42)31-8-4-5-9-32(31)38(44)50)24-33(34)39(51)48-22-20-46(21-23-48)36(49)26-45-16-12-29(13-17-45)53-30-14-18-47(19-15-30)40(52)37(43)28-6-2-1-3-7-28;1-2/h4-5,8-11,24,28-30,37,42H,1-3,6-7,12-23,25-26,43H2,(H2,44,50);2H,1H3. The molecule has 1 saturated carbocycles. The number of benzene rings is 2. The van der Waals surface area contributed by atoms with Gasteiger partial charge in [-0.1, -0.05) is 43.5 Å². The van der Waals surface area contributed by atoms with E-state index in [9.17, 15) is 23.6 Å². The Hall–Kier alpha value is -3.85. The van der Waals surface area contributed by atoms with E-state index < -0.39 is 17.6 Å². The van der Waals surface area contributed by atoms with Crippen LogP contribution in [-0.2, 0) is 20.7 Å². The zero-order chi connectivity index (χ0) is 39.5. The van der Waals surface area contributed by atoms with E-state index in [1.807, 2.05) is 4.90 Å². The fourth-order valence-electron chi connectivity index (χ4n) is 8.32. The Morgan fingerprint density at radius 1 is 0.782 bits per heavy atom. The first kappa shape index (κ1) is 42.3. The van der Waals surface area contributed by atoms with Crippen molar-refractivity contribution < 1.29 is 28.3 Å². The second kappa shape index (κ2) is 20.4. The largest absolute Gasteiger partial charge is 0.375 e. The molecule has 55 heavy (non-hydrogen) atoms. The lowest BCUT2D eigenvalue weighted by molar-refractivity contribution is -0.139. The van der Waals surface area contributed by atoms with Crippen LogP contribution in [0.4, 0.5) is 4.39 Å². The van der Waals surface area contributed by atoms with Gasteiger partial charge in [-0.2, -0.15) is 12.6 Å². The molecular weight excluding hydrogens is 722 g/mol. The number of nitrogens with one attached hydrogen (secondary N) is 1. The van der Waals surface area contributed by atoms with Crippen LogP contribution >= 0.6 is 12.6 Å². The van der Waals surface area contributed by atoms with Crippen molar-refractivity contribution in [1.82, 2.24) is 19.6 Å². The maximum absolute atomic E-state index is 14.9. The highest BCUT2D eigenvalue weighted by Crippen LogP contribution is 2.28. The molecule has 3 heterocycles. The smallest absolute Gasteiger partial charge is 0.256 e. The molecule has 1 atom stereocenters. The molecule has 4 aliphatic rings. The summed E-state index contributed by atoms with van der Waals surface area (Å²) in [6.45, 7) is 4.55. The molecule has 1 aliphatic carbocycles. The van der Waals surface area contributed by atoms with Gasteiger partial charge in [-0.25, -0.2) is 4.39 Å². The van der Waals surface area contributed by atoms with Gasteiger partial charge in [0, 0.05) is 75.6 Å². The van der Waals surface area contributed by atoms with Gasteiger partial charge in [0.1, 0.15) is 5.82 Å². The number of nitrogens with two attached hydrogens (primary N) is 2. The third-order valence-electron chi connectivity index (χ3n) is 11.6. The van der Waals surface area contributed by atoms with Crippen molar-refractivity contribution in [3.8, 4) is 0 Å². The molecule has 300 valence electrons. The molecule has 3 aliphatic heterocycles. The van der Waals surface area contributed by atoms with Gasteiger partial charge in [-0.15, -0.1) is 0 Å². The summed E-state index contributed by atoms with van der Waals surface area (Å²) in [6.07, 6.45) is 11.1. The predicted octanol–water partition coefficient (Wildman–Crippen LogP) is 3.75. The van der Waals surface area contributed by atoms with Gasteiger partial charge >= 0.3 is 0 Å². The predicted molar refractivity (Wildman–Crippen MR) is 214 cm³/mol. The minimum absolute atomic E-state index is 0.0165. The van der Waals surface area contributed by atoms with E-state index in [4.69, 9.17) is 21.6 Å². The molecule has 14 heteroatoms. The normalized spacial score (nSPS) is 19.7. The summed E-state index contributed by atoms with van der Waals surface area (Å²) < 4.78 is 21.4. The molecule has 3 saturated heterocycles. The zero-order valence-corrected chi connectivity index (χ0v) is 33.0. The van der Waals surface area contributed by atoms with E-state index in [0.29, 0.717) is 62.9 Å². The van der Waals surface area contributed by atoms with Gasteiger partial charge < -0.3 is 36.3 Å². The fourth-order valence-corrected chi connectivity index (χ4v) is 8.32. The highest BCUT2D eigenvalue weighted by Gasteiger charge is 2.34. The van der Waals surface area contributed by atoms with Crippen LogP contribution in [-0.4, -0.2) is 132 Å². The lowest BCUT2D eigenvalue weighted by atomic mass is 9.83. The van der Waals surface area contributed by atoms with Crippen LogP contribution in [0.1, 0.15) is 89.6 Å². The van der Waals surface area contributed by atoms with Gasteiger partial charge in [0.25, 0.3) is 5.91 Å². The van der Waals surface area contributed by atoms with Crippen molar-refractivity contribution in [2.75, 3.05) is 65.2 Å². The Balaban J connectivity index is 0.00000285. The molecule has 1 unspecified atom stereocenters. The summed E-state index contributed by atoms with van der Waals surface area (Å²) in [7, 11) is 0. The Labute approximate surface area is 330 Å². The number of hydrogen-bond acceptors (Lipinski definition) is 9. The first-order chi connectivity index (χ1) is 26.6. The second-order valence-electron chi connectivity index (χ2n) is 15.1. The zero-order valence-electron chi connectivity index (χ0n) is 32.1. The summed E-state index contributed by atoms with van der Waals surface area (Å²) in [5, 5.41) is 8.54. The van der Waals surface area contributed by atoms with Crippen LogP contribution in [0.5, 0.6) is 0 Å². The van der Waals surface area contributed by atoms with Crippen LogP contribution in [0, 0.1) is 17.1 Å². The third kappa shape index (κ3) is 11.1. The number of piperazine rings is 1. The minimum Gasteiger partial charge on any atom is -0.375 e. The van der Waals surface area contributed by atoms with E-state index in [0.717, 1.165) is 51.6 Å². The molecule has 5 N–H and O–H groups in total. The molecule has 0 aromatic heterocycles.